The van der Waals surface area contributed by atoms with E-state index in [1.165, 1.54) is 5.56 Å². The van der Waals surface area contributed by atoms with E-state index in [1.807, 2.05) is 24.3 Å². The summed E-state index contributed by atoms with van der Waals surface area (Å²) < 4.78 is 0.993. The van der Waals surface area contributed by atoms with Crippen molar-refractivity contribution in [1.29, 1.82) is 0 Å². The second kappa shape index (κ2) is 7.79. The van der Waals surface area contributed by atoms with Crippen LogP contribution in [0.3, 0.4) is 0 Å². The maximum absolute atomic E-state index is 5.97. The summed E-state index contributed by atoms with van der Waals surface area (Å²) in [6.07, 6.45) is 3.11. The Balaban J connectivity index is 1.95. The monoisotopic (exact) mass is 352 g/mol. The normalized spacial score (nSPS) is 12.3. The fourth-order valence-corrected chi connectivity index (χ4v) is 3.23. The molecular formula is C16H18BrClN2. The van der Waals surface area contributed by atoms with Crippen LogP contribution < -0.4 is 11.3 Å². The molecule has 0 fully saturated rings. The average molecular weight is 354 g/mol. The van der Waals surface area contributed by atoms with Crippen molar-refractivity contribution >= 4 is 27.5 Å². The Kier molecular flexibility index (Phi) is 6.05. The highest BCUT2D eigenvalue weighted by Gasteiger charge is 2.13. The number of nitrogens with two attached hydrogens (primary N) is 1. The standard InChI is InChI=1S/C16H18BrClN2/c17-15-11-13(18)9-10-14(15)16(20-19)8-4-7-12-5-2-1-3-6-12/h1-3,5-6,9-11,16,20H,4,7-8,19H2. The zero-order valence-electron chi connectivity index (χ0n) is 11.2. The maximum atomic E-state index is 5.97. The van der Waals surface area contributed by atoms with Gasteiger partial charge in [-0.05, 0) is 42.5 Å². The van der Waals surface area contributed by atoms with Gasteiger partial charge in [-0.2, -0.15) is 0 Å². The lowest BCUT2D eigenvalue weighted by molar-refractivity contribution is 0.497. The van der Waals surface area contributed by atoms with E-state index >= 15 is 0 Å². The molecule has 0 aliphatic carbocycles. The van der Waals surface area contributed by atoms with Crippen molar-refractivity contribution in [3.63, 3.8) is 0 Å². The molecule has 0 aliphatic rings. The summed E-state index contributed by atoms with van der Waals surface area (Å²) in [5, 5.41) is 0.723. The fourth-order valence-electron chi connectivity index (χ4n) is 2.27. The van der Waals surface area contributed by atoms with Gasteiger partial charge in [-0.1, -0.05) is 63.9 Å². The van der Waals surface area contributed by atoms with E-state index in [0.717, 1.165) is 34.3 Å². The van der Waals surface area contributed by atoms with Crippen molar-refractivity contribution in [2.24, 2.45) is 5.84 Å². The Labute approximate surface area is 133 Å². The van der Waals surface area contributed by atoms with Gasteiger partial charge in [-0.15, -0.1) is 0 Å². The van der Waals surface area contributed by atoms with Gasteiger partial charge < -0.3 is 0 Å². The molecule has 1 atom stereocenters. The predicted octanol–water partition coefficient (Wildman–Crippen LogP) is 4.63. The smallest absolute Gasteiger partial charge is 0.0471 e. The number of hydrogen-bond acceptors (Lipinski definition) is 2. The van der Waals surface area contributed by atoms with Crippen LogP contribution in [-0.2, 0) is 6.42 Å². The summed E-state index contributed by atoms with van der Waals surface area (Å²) in [5.74, 6) is 5.69. The van der Waals surface area contributed by atoms with Crippen LogP contribution in [0.2, 0.25) is 5.02 Å². The van der Waals surface area contributed by atoms with Crippen LogP contribution in [0.5, 0.6) is 0 Å². The van der Waals surface area contributed by atoms with Gasteiger partial charge in [-0.25, -0.2) is 0 Å². The second-order valence-electron chi connectivity index (χ2n) is 4.76. The molecule has 0 saturated heterocycles. The van der Waals surface area contributed by atoms with Gasteiger partial charge in [0.1, 0.15) is 0 Å². The van der Waals surface area contributed by atoms with E-state index < -0.39 is 0 Å². The number of nitrogens with one attached hydrogen (secondary N) is 1. The van der Waals surface area contributed by atoms with E-state index in [1.54, 1.807) is 0 Å². The molecule has 2 aromatic rings. The lowest BCUT2D eigenvalue weighted by Crippen LogP contribution is -2.28. The lowest BCUT2D eigenvalue weighted by Gasteiger charge is -2.18. The van der Waals surface area contributed by atoms with Gasteiger partial charge in [0.2, 0.25) is 0 Å². The fraction of sp³-hybridized carbons (Fsp3) is 0.250. The molecule has 0 heterocycles. The number of halogens is 2. The zero-order valence-corrected chi connectivity index (χ0v) is 13.5. The van der Waals surface area contributed by atoms with Gasteiger partial charge in [0, 0.05) is 15.5 Å². The molecule has 1 unspecified atom stereocenters. The van der Waals surface area contributed by atoms with Crippen molar-refractivity contribution in [2.75, 3.05) is 0 Å². The van der Waals surface area contributed by atoms with Crippen LogP contribution >= 0.6 is 27.5 Å². The first-order chi connectivity index (χ1) is 9.70. The van der Waals surface area contributed by atoms with Gasteiger partial charge in [0.25, 0.3) is 0 Å². The molecule has 2 rings (SSSR count). The predicted molar refractivity (Wildman–Crippen MR) is 88.6 cm³/mol. The Morgan fingerprint density at radius 1 is 1.15 bits per heavy atom. The minimum atomic E-state index is 0.130. The third kappa shape index (κ3) is 4.32. The molecule has 0 saturated carbocycles. The van der Waals surface area contributed by atoms with Crippen LogP contribution in [0.4, 0.5) is 0 Å². The molecule has 0 aromatic heterocycles. The highest BCUT2D eigenvalue weighted by molar-refractivity contribution is 9.10. The zero-order chi connectivity index (χ0) is 14.4. The number of benzene rings is 2. The van der Waals surface area contributed by atoms with Crippen molar-refractivity contribution in [3.05, 3.63) is 69.2 Å². The second-order valence-corrected chi connectivity index (χ2v) is 6.05. The first-order valence-corrected chi connectivity index (χ1v) is 7.83. The molecular weight excluding hydrogens is 336 g/mol. The van der Waals surface area contributed by atoms with E-state index in [4.69, 9.17) is 17.4 Å². The Bertz CT molecular complexity index is 545. The Hall–Kier alpha value is -0.870. The first-order valence-electron chi connectivity index (χ1n) is 6.65. The summed E-state index contributed by atoms with van der Waals surface area (Å²) in [7, 11) is 0. The summed E-state index contributed by atoms with van der Waals surface area (Å²) in [5.41, 5.74) is 5.39. The molecule has 0 spiro atoms. The molecule has 0 radical (unpaired) electrons. The van der Waals surface area contributed by atoms with Gasteiger partial charge in [0.05, 0.1) is 0 Å². The van der Waals surface area contributed by atoms with Gasteiger partial charge in [0.15, 0.2) is 0 Å². The van der Waals surface area contributed by atoms with Crippen LogP contribution in [0.15, 0.2) is 53.0 Å². The summed E-state index contributed by atoms with van der Waals surface area (Å²) >= 11 is 9.51. The van der Waals surface area contributed by atoms with E-state index in [0.29, 0.717) is 0 Å². The molecule has 20 heavy (non-hydrogen) atoms. The van der Waals surface area contributed by atoms with Gasteiger partial charge >= 0.3 is 0 Å². The highest BCUT2D eigenvalue weighted by Crippen LogP contribution is 2.29. The van der Waals surface area contributed by atoms with Crippen LogP contribution in [0.1, 0.15) is 30.0 Å². The summed E-state index contributed by atoms with van der Waals surface area (Å²) in [6.45, 7) is 0. The largest absolute Gasteiger partial charge is 0.271 e. The number of hydrogen-bond donors (Lipinski definition) is 2. The minimum Gasteiger partial charge on any atom is -0.271 e. The molecule has 0 amide bonds. The SMILES string of the molecule is NNC(CCCc1ccccc1)c1ccc(Cl)cc1Br. The van der Waals surface area contributed by atoms with E-state index in [9.17, 15) is 0 Å². The quantitative estimate of drug-likeness (QED) is 0.587. The third-order valence-corrected chi connectivity index (χ3v) is 4.26. The third-order valence-electron chi connectivity index (χ3n) is 3.34. The van der Waals surface area contributed by atoms with E-state index in [2.05, 4.69) is 45.6 Å². The molecule has 2 nitrogen and oxygen atoms in total. The summed E-state index contributed by atoms with van der Waals surface area (Å²) in [4.78, 5) is 0. The van der Waals surface area contributed by atoms with Crippen LogP contribution in [0, 0.1) is 0 Å². The van der Waals surface area contributed by atoms with Crippen molar-refractivity contribution in [1.82, 2.24) is 5.43 Å². The summed E-state index contributed by atoms with van der Waals surface area (Å²) in [6, 6.07) is 16.4. The highest BCUT2D eigenvalue weighted by atomic mass is 79.9. The maximum Gasteiger partial charge on any atom is 0.0471 e. The van der Waals surface area contributed by atoms with Gasteiger partial charge in [-0.3, -0.25) is 11.3 Å². The van der Waals surface area contributed by atoms with Crippen LogP contribution in [0.25, 0.3) is 0 Å². The van der Waals surface area contributed by atoms with Crippen molar-refractivity contribution in [3.8, 4) is 0 Å². The average Bonchev–Trinajstić information content (AvgIpc) is 2.46. The lowest BCUT2D eigenvalue weighted by atomic mass is 9.99. The molecule has 2 aromatic carbocycles. The molecule has 106 valence electrons. The van der Waals surface area contributed by atoms with Crippen molar-refractivity contribution in [2.45, 2.75) is 25.3 Å². The van der Waals surface area contributed by atoms with Crippen LogP contribution in [-0.4, -0.2) is 0 Å². The molecule has 0 bridgehead atoms. The number of aryl methyl sites for hydroxylation is 1. The first kappa shape index (κ1) is 15.5. The molecule has 4 heteroatoms. The van der Waals surface area contributed by atoms with E-state index in [-0.39, 0.29) is 6.04 Å². The minimum absolute atomic E-state index is 0.130. The molecule has 3 N–H and O–H groups in total. The Morgan fingerprint density at radius 2 is 1.90 bits per heavy atom. The number of hydrazine groups is 1. The molecule has 0 aliphatic heterocycles. The number of rotatable bonds is 6. The van der Waals surface area contributed by atoms with Crippen molar-refractivity contribution < 1.29 is 0 Å². The Morgan fingerprint density at radius 3 is 2.55 bits per heavy atom. The topological polar surface area (TPSA) is 38.0 Å².